The van der Waals surface area contributed by atoms with Crippen molar-refractivity contribution in [1.82, 2.24) is 4.90 Å². The van der Waals surface area contributed by atoms with Gasteiger partial charge in [-0.05, 0) is 29.8 Å². The molecule has 4 nitrogen and oxygen atoms in total. The number of hydrogen-bond donors (Lipinski definition) is 0. The summed E-state index contributed by atoms with van der Waals surface area (Å²) in [7, 11) is -0.805. The quantitative estimate of drug-likeness (QED) is 0.838. The van der Waals surface area contributed by atoms with Gasteiger partial charge in [0.2, 0.25) is 0 Å². The molecule has 0 unspecified atom stereocenters. The lowest BCUT2D eigenvalue weighted by Gasteiger charge is -2.27. The first kappa shape index (κ1) is 17.0. The number of halogens is 1. The lowest BCUT2D eigenvalue weighted by Crippen LogP contribution is -2.41. The molecule has 3 rings (SSSR count). The van der Waals surface area contributed by atoms with Crippen molar-refractivity contribution in [2.75, 3.05) is 24.6 Å². The summed E-state index contributed by atoms with van der Waals surface area (Å²) in [6.07, 6.45) is 0. The number of ether oxygens (including phenoxy) is 1. The molecule has 0 N–H and O–H groups in total. The Morgan fingerprint density at radius 2 is 1.75 bits per heavy atom. The van der Waals surface area contributed by atoms with E-state index in [-0.39, 0.29) is 5.91 Å². The molecule has 0 aliphatic carbocycles. The second-order valence-corrected chi connectivity index (χ2v) is 7.68. The number of rotatable bonds is 4. The third kappa shape index (κ3) is 4.16. The number of carbonyl (C=O) groups excluding carboxylic acids is 1. The first-order valence-electron chi connectivity index (χ1n) is 7.74. The van der Waals surface area contributed by atoms with Gasteiger partial charge in [0.05, 0.1) is 5.56 Å². The molecule has 0 atom stereocenters. The van der Waals surface area contributed by atoms with Crippen molar-refractivity contribution in [3.63, 3.8) is 0 Å². The average Bonchev–Trinajstić information content (AvgIpc) is 2.61. The molecule has 1 heterocycles. The van der Waals surface area contributed by atoms with Gasteiger partial charge in [0.25, 0.3) is 5.91 Å². The molecule has 0 radical (unpaired) electrons. The van der Waals surface area contributed by atoms with E-state index >= 15 is 0 Å². The smallest absolute Gasteiger partial charge is 0.257 e. The van der Waals surface area contributed by atoms with Crippen LogP contribution in [0.4, 0.5) is 0 Å². The zero-order valence-corrected chi connectivity index (χ0v) is 14.7. The standard InChI is InChI=1S/C18H18ClNO3S/c19-15-7-5-14(6-8-15)13-23-17-4-2-1-3-16(17)18(21)20-9-11-24(22)12-10-20/h1-8H,9-13H2. The van der Waals surface area contributed by atoms with E-state index in [2.05, 4.69) is 0 Å². The fraction of sp³-hybridized carbons (Fsp3) is 0.278. The monoisotopic (exact) mass is 363 g/mol. The van der Waals surface area contributed by atoms with Crippen molar-refractivity contribution in [1.29, 1.82) is 0 Å². The van der Waals surface area contributed by atoms with Crippen molar-refractivity contribution in [3.8, 4) is 5.75 Å². The minimum atomic E-state index is -0.805. The van der Waals surface area contributed by atoms with E-state index in [4.69, 9.17) is 16.3 Å². The second-order valence-electron chi connectivity index (χ2n) is 5.55. The highest BCUT2D eigenvalue weighted by Crippen LogP contribution is 2.22. The van der Waals surface area contributed by atoms with Gasteiger partial charge in [-0.1, -0.05) is 35.9 Å². The summed E-state index contributed by atoms with van der Waals surface area (Å²) in [5.41, 5.74) is 1.52. The van der Waals surface area contributed by atoms with Crippen molar-refractivity contribution in [3.05, 3.63) is 64.7 Å². The van der Waals surface area contributed by atoms with Crippen LogP contribution >= 0.6 is 11.6 Å². The predicted octanol–water partition coefficient (Wildman–Crippen LogP) is 3.12. The molecule has 1 aliphatic rings. The molecule has 2 aromatic rings. The molecule has 2 aromatic carbocycles. The molecule has 1 saturated heterocycles. The Labute approximate surface area is 148 Å². The molecule has 6 heteroatoms. The molecule has 126 valence electrons. The zero-order valence-electron chi connectivity index (χ0n) is 13.1. The Bertz CT molecular complexity index is 738. The summed E-state index contributed by atoms with van der Waals surface area (Å²) < 4.78 is 17.3. The molecular weight excluding hydrogens is 346 g/mol. The number of para-hydroxylation sites is 1. The van der Waals surface area contributed by atoms with Crippen LogP contribution in [-0.2, 0) is 17.4 Å². The number of amides is 1. The maximum atomic E-state index is 12.7. The van der Waals surface area contributed by atoms with Gasteiger partial charge in [0.15, 0.2) is 0 Å². The Hall–Kier alpha value is -1.85. The summed E-state index contributed by atoms with van der Waals surface area (Å²) in [5, 5.41) is 0.678. The van der Waals surface area contributed by atoms with E-state index in [0.717, 1.165) is 5.56 Å². The second kappa shape index (κ2) is 7.81. The number of nitrogens with zero attached hydrogens (tertiary/aromatic N) is 1. The van der Waals surface area contributed by atoms with Crippen LogP contribution in [0.1, 0.15) is 15.9 Å². The Balaban J connectivity index is 1.71. The summed E-state index contributed by atoms with van der Waals surface area (Å²) in [5.74, 6) is 1.57. The predicted molar refractivity (Wildman–Crippen MR) is 96.0 cm³/mol. The van der Waals surface area contributed by atoms with Crippen molar-refractivity contribution < 1.29 is 13.7 Å². The van der Waals surface area contributed by atoms with Crippen molar-refractivity contribution >= 4 is 28.3 Å². The summed E-state index contributed by atoms with van der Waals surface area (Å²) in [4.78, 5) is 14.5. The SMILES string of the molecule is O=C(c1ccccc1OCc1ccc(Cl)cc1)N1CCS(=O)CC1. The normalized spacial score (nSPS) is 15.3. The van der Waals surface area contributed by atoms with Gasteiger partial charge in [-0.25, -0.2) is 0 Å². The van der Waals surface area contributed by atoms with Gasteiger partial charge >= 0.3 is 0 Å². The fourth-order valence-electron chi connectivity index (χ4n) is 2.52. The van der Waals surface area contributed by atoms with Gasteiger partial charge in [0.1, 0.15) is 12.4 Å². The topological polar surface area (TPSA) is 46.6 Å². The van der Waals surface area contributed by atoms with Gasteiger partial charge in [-0.2, -0.15) is 0 Å². The first-order chi connectivity index (χ1) is 11.6. The highest BCUT2D eigenvalue weighted by molar-refractivity contribution is 7.85. The fourth-order valence-corrected chi connectivity index (χ4v) is 3.70. The third-order valence-electron chi connectivity index (χ3n) is 3.89. The molecule has 0 bridgehead atoms. The molecular formula is C18H18ClNO3S. The molecule has 24 heavy (non-hydrogen) atoms. The van der Waals surface area contributed by atoms with Crippen molar-refractivity contribution in [2.24, 2.45) is 0 Å². The average molecular weight is 364 g/mol. The van der Waals surface area contributed by atoms with E-state index in [1.807, 2.05) is 36.4 Å². The molecule has 1 amide bonds. The molecule has 0 saturated carbocycles. The van der Waals surface area contributed by atoms with E-state index in [1.54, 1.807) is 17.0 Å². The molecule has 0 aromatic heterocycles. The molecule has 1 aliphatic heterocycles. The Morgan fingerprint density at radius 1 is 1.08 bits per heavy atom. The maximum absolute atomic E-state index is 12.7. The van der Waals surface area contributed by atoms with Crippen LogP contribution in [0.2, 0.25) is 5.02 Å². The lowest BCUT2D eigenvalue weighted by atomic mass is 10.1. The van der Waals surface area contributed by atoms with Crippen LogP contribution < -0.4 is 4.74 Å². The first-order valence-corrected chi connectivity index (χ1v) is 9.60. The number of benzene rings is 2. The summed E-state index contributed by atoms with van der Waals surface area (Å²) in [6, 6.07) is 14.6. The van der Waals surface area contributed by atoms with Crippen LogP contribution in [0, 0.1) is 0 Å². The Morgan fingerprint density at radius 3 is 2.46 bits per heavy atom. The summed E-state index contributed by atoms with van der Waals surface area (Å²) in [6.45, 7) is 1.42. The van der Waals surface area contributed by atoms with E-state index in [1.165, 1.54) is 0 Å². The van der Waals surface area contributed by atoms with E-state index in [0.29, 0.717) is 47.5 Å². The zero-order chi connectivity index (χ0) is 16.9. The van der Waals surface area contributed by atoms with E-state index < -0.39 is 10.8 Å². The van der Waals surface area contributed by atoms with Crippen LogP contribution in [-0.4, -0.2) is 39.6 Å². The molecule has 0 spiro atoms. The number of carbonyl (C=O) groups is 1. The largest absolute Gasteiger partial charge is 0.488 e. The van der Waals surface area contributed by atoms with Crippen LogP contribution in [0.3, 0.4) is 0 Å². The van der Waals surface area contributed by atoms with E-state index in [9.17, 15) is 9.00 Å². The lowest BCUT2D eigenvalue weighted by molar-refractivity contribution is 0.0766. The summed E-state index contributed by atoms with van der Waals surface area (Å²) >= 11 is 5.88. The van der Waals surface area contributed by atoms with Gasteiger partial charge in [-0.3, -0.25) is 9.00 Å². The Kier molecular flexibility index (Phi) is 5.53. The van der Waals surface area contributed by atoms with Gasteiger partial charge in [0, 0.05) is 40.4 Å². The van der Waals surface area contributed by atoms with Gasteiger partial charge in [-0.15, -0.1) is 0 Å². The van der Waals surface area contributed by atoms with Crippen LogP contribution in [0.25, 0.3) is 0 Å². The van der Waals surface area contributed by atoms with Crippen LogP contribution in [0.5, 0.6) is 5.75 Å². The van der Waals surface area contributed by atoms with Crippen molar-refractivity contribution in [2.45, 2.75) is 6.61 Å². The van der Waals surface area contributed by atoms with Crippen LogP contribution in [0.15, 0.2) is 48.5 Å². The third-order valence-corrected chi connectivity index (χ3v) is 5.42. The minimum Gasteiger partial charge on any atom is -0.488 e. The highest BCUT2D eigenvalue weighted by atomic mass is 35.5. The highest BCUT2D eigenvalue weighted by Gasteiger charge is 2.23. The minimum absolute atomic E-state index is 0.0709. The molecule has 1 fully saturated rings. The van der Waals surface area contributed by atoms with Gasteiger partial charge < -0.3 is 9.64 Å². The number of hydrogen-bond acceptors (Lipinski definition) is 3. The maximum Gasteiger partial charge on any atom is 0.257 e.